The molecule has 0 aromatic carbocycles. The Kier molecular flexibility index (Phi) is 10.5. The molecule has 6 nitrogen and oxygen atoms in total. The zero-order valence-electron chi connectivity index (χ0n) is 10.5. The van der Waals surface area contributed by atoms with Crippen molar-refractivity contribution < 1.29 is 14.7 Å². The van der Waals surface area contributed by atoms with Crippen molar-refractivity contribution >= 4 is 74.2 Å². The summed E-state index contributed by atoms with van der Waals surface area (Å²) in [6.45, 7) is -0.319. The SMILES string of the molecule is N[C@@H](CCC(=S)N[C@@H](CS)C([Se])=NCC(=O)O)C(=O)S. The number of carboxylic acid groups (broad SMARTS) is 1. The van der Waals surface area contributed by atoms with Crippen LogP contribution in [-0.2, 0) is 9.59 Å². The summed E-state index contributed by atoms with van der Waals surface area (Å²) in [5.74, 6) is -0.625. The number of hydrogen-bond acceptors (Lipinski definition) is 6. The van der Waals surface area contributed by atoms with Crippen LogP contribution in [0.4, 0.5) is 0 Å². The molecule has 0 rings (SSSR count). The number of rotatable bonds is 9. The van der Waals surface area contributed by atoms with E-state index in [2.05, 4.69) is 51.6 Å². The van der Waals surface area contributed by atoms with Crippen LogP contribution in [0.3, 0.4) is 0 Å². The molecule has 0 unspecified atom stereocenters. The third-order valence-electron chi connectivity index (χ3n) is 2.19. The van der Waals surface area contributed by atoms with Crippen molar-refractivity contribution in [3.05, 3.63) is 0 Å². The van der Waals surface area contributed by atoms with Crippen LogP contribution in [-0.4, -0.2) is 66.2 Å². The van der Waals surface area contributed by atoms with Gasteiger partial charge in [-0.3, -0.25) is 0 Å². The molecule has 10 heteroatoms. The van der Waals surface area contributed by atoms with Crippen molar-refractivity contribution in [3.8, 4) is 0 Å². The van der Waals surface area contributed by atoms with Gasteiger partial charge in [0.2, 0.25) is 0 Å². The van der Waals surface area contributed by atoms with Crippen molar-refractivity contribution in [2.24, 2.45) is 10.7 Å². The molecule has 0 fully saturated rings. The number of thiocarbonyl (C=S) groups is 1. The van der Waals surface area contributed by atoms with Crippen LogP contribution < -0.4 is 11.1 Å². The van der Waals surface area contributed by atoms with E-state index in [0.29, 0.717) is 28.2 Å². The second-order valence-corrected chi connectivity index (χ2v) is 6.01. The molecule has 0 saturated heterocycles. The van der Waals surface area contributed by atoms with E-state index in [1.807, 2.05) is 0 Å². The number of thiol groups is 2. The maximum atomic E-state index is 10.9. The van der Waals surface area contributed by atoms with Gasteiger partial charge < -0.3 is 0 Å². The quantitative estimate of drug-likeness (QED) is 0.153. The Morgan fingerprint density at radius 3 is 2.55 bits per heavy atom. The van der Waals surface area contributed by atoms with Crippen LogP contribution >= 0.6 is 37.5 Å². The Balaban J connectivity index is 4.35. The first-order valence-electron chi connectivity index (χ1n) is 5.59. The van der Waals surface area contributed by atoms with Crippen LogP contribution in [0.5, 0.6) is 0 Å². The molecule has 0 aliphatic carbocycles. The summed E-state index contributed by atoms with van der Waals surface area (Å²) < 4.78 is 0.485. The fourth-order valence-electron chi connectivity index (χ4n) is 1.12. The van der Waals surface area contributed by atoms with E-state index < -0.39 is 12.0 Å². The van der Waals surface area contributed by atoms with Gasteiger partial charge in [0.05, 0.1) is 0 Å². The van der Waals surface area contributed by atoms with Crippen LogP contribution in [0.1, 0.15) is 12.8 Å². The molecular weight excluding hydrogens is 385 g/mol. The van der Waals surface area contributed by atoms with Gasteiger partial charge in [-0.05, 0) is 0 Å². The Morgan fingerprint density at radius 2 is 2.10 bits per heavy atom. The monoisotopic (exact) mass is 402 g/mol. The summed E-state index contributed by atoms with van der Waals surface area (Å²) >= 11 is 15.6. The molecule has 0 bridgehead atoms. The summed E-state index contributed by atoms with van der Waals surface area (Å²) in [6.07, 6.45) is 0.821. The molecule has 4 N–H and O–H groups in total. The Labute approximate surface area is 142 Å². The maximum absolute atomic E-state index is 10.9. The summed E-state index contributed by atoms with van der Waals surface area (Å²) in [6, 6.07) is -0.950. The van der Waals surface area contributed by atoms with Gasteiger partial charge >= 0.3 is 142 Å². The second-order valence-electron chi connectivity index (χ2n) is 3.83. The van der Waals surface area contributed by atoms with Crippen molar-refractivity contribution in [1.29, 1.82) is 0 Å². The van der Waals surface area contributed by atoms with Crippen molar-refractivity contribution in [2.75, 3.05) is 12.3 Å². The van der Waals surface area contributed by atoms with Gasteiger partial charge in [0, 0.05) is 0 Å². The van der Waals surface area contributed by atoms with Gasteiger partial charge in [-0.1, -0.05) is 0 Å². The average molecular weight is 401 g/mol. The van der Waals surface area contributed by atoms with Crippen LogP contribution in [0, 0.1) is 0 Å². The van der Waals surface area contributed by atoms with Crippen LogP contribution in [0.15, 0.2) is 4.99 Å². The number of nitrogens with two attached hydrogens (primary N) is 1. The minimum absolute atomic E-state index is 0.298. The second kappa shape index (κ2) is 10.6. The Bertz CT molecular complexity index is 406. The van der Waals surface area contributed by atoms with Crippen molar-refractivity contribution in [3.63, 3.8) is 0 Å². The van der Waals surface area contributed by atoms with Gasteiger partial charge in [0.1, 0.15) is 0 Å². The standard InChI is InChI=1S/C10H16N3O3S3Se/c11-5(10(16)19)1-2-7(18)13-6(4-17)9(20)12-3-8(14)15/h5-6,17H,1-4,11H2,(H,13,18)(H,14,15)(H,16,19)/t5-,6-/m0/s1. The molecule has 1 radical (unpaired) electrons. The normalized spacial score (nSPS) is 14.4. The van der Waals surface area contributed by atoms with Gasteiger partial charge in [-0.2, -0.15) is 0 Å². The summed E-state index contributed by atoms with van der Waals surface area (Å²) in [5.41, 5.74) is 5.55. The van der Waals surface area contributed by atoms with E-state index in [0.717, 1.165) is 0 Å². The number of carbonyl (C=O) groups excluding carboxylic acids is 1. The molecule has 0 aromatic rings. The number of aliphatic imine (C=N–C) groups is 1. The average Bonchev–Trinajstić information content (AvgIpc) is 2.38. The molecular formula is C10H16N3O3S3Se. The first kappa shape index (κ1) is 19.9. The summed E-state index contributed by atoms with van der Waals surface area (Å²) in [4.78, 5) is 25.7. The number of nitrogens with zero attached hydrogens (tertiary/aromatic N) is 1. The number of nitrogens with one attached hydrogen (secondary N) is 1. The zero-order valence-corrected chi connectivity index (χ0v) is 14.8. The van der Waals surface area contributed by atoms with Crippen LogP contribution in [0.25, 0.3) is 0 Å². The number of carbonyl (C=O) groups is 2. The van der Waals surface area contributed by atoms with E-state index in [1.54, 1.807) is 0 Å². The molecule has 0 aliphatic rings. The van der Waals surface area contributed by atoms with E-state index in [1.165, 1.54) is 0 Å². The Hall–Kier alpha value is -0.121. The molecule has 20 heavy (non-hydrogen) atoms. The zero-order chi connectivity index (χ0) is 15.7. The number of carboxylic acids is 1. The third-order valence-corrected chi connectivity index (χ3v) is 4.07. The molecule has 0 amide bonds. The molecule has 2 atom stereocenters. The van der Waals surface area contributed by atoms with Gasteiger partial charge in [-0.25, -0.2) is 0 Å². The van der Waals surface area contributed by atoms with E-state index in [9.17, 15) is 9.59 Å². The first-order valence-corrected chi connectivity index (χ1v) is 7.94. The van der Waals surface area contributed by atoms with E-state index >= 15 is 0 Å². The number of hydrogen-bond donors (Lipinski definition) is 5. The summed E-state index contributed by atoms with van der Waals surface area (Å²) in [7, 11) is 0. The van der Waals surface area contributed by atoms with Crippen molar-refractivity contribution in [1.82, 2.24) is 5.32 Å². The van der Waals surface area contributed by atoms with Gasteiger partial charge in [0.25, 0.3) is 0 Å². The van der Waals surface area contributed by atoms with Crippen molar-refractivity contribution in [2.45, 2.75) is 24.9 Å². The molecule has 0 spiro atoms. The third kappa shape index (κ3) is 8.93. The number of aliphatic carboxylic acids is 1. The topological polar surface area (TPSA) is 105 Å². The first-order chi connectivity index (χ1) is 9.27. The molecule has 0 aromatic heterocycles. The molecule has 0 aliphatic heterocycles. The minimum atomic E-state index is -1.02. The van der Waals surface area contributed by atoms with Crippen LogP contribution in [0.2, 0.25) is 0 Å². The molecule has 113 valence electrons. The van der Waals surface area contributed by atoms with E-state index in [4.69, 9.17) is 23.1 Å². The van der Waals surface area contributed by atoms with E-state index in [-0.39, 0.29) is 17.7 Å². The molecule has 0 heterocycles. The van der Waals surface area contributed by atoms with Gasteiger partial charge in [0.15, 0.2) is 0 Å². The predicted molar refractivity (Wildman–Crippen MR) is 90.3 cm³/mol. The summed E-state index contributed by atoms with van der Waals surface area (Å²) in [5, 5.41) is 11.2. The fourth-order valence-corrected chi connectivity index (χ4v) is 2.48. The fraction of sp³-hybridized carbons (Fsp3) is 0.600. The Morgan fingerprint density at radius 1 is 1.50 bits per heavy atom. The molecule has 0 saturated carbocycles. The van der Waals surface area contributed by atoms with Gasteiger partial charge in [-0.15, -0.1) is 0 Å². The predicted octanol–water partition coefficient (Wildman–Crippen LogP) is -0.583.